The maximum absolute atomic E-state index is 13.2. The maximum atomic E-state index is 13.2. The molecule has 33 heavy (non-hydrogen) atoms. The van der Waals surface area contributed by atoms with E-state index >= 15 is 0 Å². The summed E-state index contributed by atoms with van der Waals surface area (Å²) in [6.07, 6.45) is 0.203. The number of carbonyl (C=O) groups excluding carboxylic acids is 1. The zero-order chi connectivity index (χ0) is 24.0. The molecule has 1 amide bonds. The topological polar surface area (TPSA) is 84.5 Å². The first-order valence-electron chi connectivity index (χ1n) is 10.5. The predicted octanol–water partition coefficient (Wildman–Crippen LogP) is 4.42. The van der Waals surface area contributed by atoms with Crippen molar-refractivity contribution in [2.24, 2.45) is 0 Å². The second kappa shape index (κ2) is 10.8. The highest BCUT2D eigenvalue weighted by molar-refractivity contribution is 7.89. The molecular formula is C25H27ClN2O4S. The summed E-state index contributed by atoms with van der Waals surface area (Å²) in [5.74, 6) is 0.166. The van der Waals surface area contributed by atoms with Crippen LogP contribution in [-0.4, -0.2) is 27.5 Å². The number of methoxy groups -OCH3 is 1. The molecule has 8 heteroatoms. The molecule has 0 heterocycles. The van der Waals surface area contributed by atoms with Crippen molar-refractivity contribution in [3.63, 3.8) is 0 Å². The molecule has 3 aromatic rings. The van der Waals surface area contributed by atoms with Gasteiger partial charge in [0.2, 0.25) is 15.9 Å². The van der Waals surface area contributed by atoms with Gasteiger partial charge in [0, 0.05) is 5.02 Å². The Bertz CT molecular complexity index is 1200. The number of halogens is 1. The zero-order valence-corrected chi connectivity index (χ0v) is 20.3. The van der Waals surface area contributed by atoms with Gasteiger partial charge >= 0.3 is 0 Å². The van der Waals surface area contributed by atoms with Crippen LogP contribution < -0.4 is 14.8 Å². The lowest BCUT2D eigenvalue weighted by molar-refractivity contribution is -0.123. The standard InChI is InChI=1S/C25H27ClN2O4S/c1-17-15-22(13-14-24(17)32-3)33(30,31)28-23(16-19-7-5-4-6-8-19)25(29)27-18(2)20-9-11-21(26)12-10-20/h4-15,18,23,28H,16H2,1-3H3,(H,27,29)/t18-,23+/m0/s1. The van der Waals surface area contributed by atoms with Crippen LogP contribution >= 0.6 is 11.6 Å². The van der Waals surface area contributed by atoms with E-state index in [2.05, 4.69) is 10.0 Å². The summed E-state index contributed by atoms with van der Waals surface area (Å²) in [7, 11) is -2.44. The summed E-state index contributed by atoms with van der Waals surface area (Å²) >= 11 is 5.95. The van der Waals surface area contributed by atoms with E-state index in [1.54, 1.807) is 25.1 Å². The molecular weight excluding hydrogens is 460 g/mol. The minimum atomic E-state index is -3.96. The van der Waals surface area contributed by atoms with Crippen LogP contribution in [0.25, 0.3) is 0 Å². The fourth-order valence-electron chi connectivity index (χ4n) is 3.46. The van der Waals surface area contributed by atoms with Crippen LogP contribution in [0.3, 0.4) is 0 Å². The van der Waals surface area contributed by atoms with Gasteiger partial charge in [0.15, 0.2) is 0 Å². The average molecular weight is 487 g/mol. The lowest BCUT2D eigenvalue weighted by atomic mass is 10.0. The fraction of sp³-hybridized carbons (Fsp3) is 0.240. The van der Waals surface area contributed by atoms with Crippen molar-refractivity contribution >= 4 is 27.5 Å². The summed E-state index contributed by atoms with van der Waals surface area (Å²) in [5.41, 5.74) is 2.38. The number of hydrogen-bond acceptors (Lipinski definition) is 4. The number of benzene rings is 3. The van der Waals surface area contributed by atoms with Gasteiger partial charge in [-0.25, -0.2) is 8.42 Å². The Labute approximate surface area is 200 Å². The van der Waals surface area contributed by atoms with Gasteiger partial charge in [-0.1, -0.05) is 54.1 Å². The SMILES string of the molecule is COc1ccc(S(=O)(=O)N[C@H](Cc2ccccc2)C(=O)N[C@@H](C)c2ccc(Cl)cc2)cc1C. The Balaban J connectivity index is 1.84. The molecule has 0 unspecified atom stereocenters. The first-order chi connectivity index (χ1) is 15.7. The first kappa shape index (κ1) is 24.8. The third kappa shape index (κ3) is 6.57. The van der Waals surface area contributed by atoms with E-state index in [1.165, 1.54) is 19.2 Å². The number of sulfonamides is 1. The number of ether oxygens (including phenoxy) is 1. The molecule has 0 aliphatic carbocycles. The van der Waals surface area contributed by atoms with Gasteiger partial charge in [-0.2, -0.15) is 4.72 Å². The molecule has 0 saturated carbocycles. The Morgan fingerprint density at radius 3 is 2.30 bits per heavy atom. The molecule has 174 valence electrons. The van der Waals surface area contributed by atoms with Crippen LogP contribution in [-0.2, 0) is 21.2 Å². The first-order valence-corrected chi connectivity index (χ1v) is 12.3. The van der Waals surface area contributed by atoms with E-state index in [1.807, 2.05) is 49.4 Å². The highest BCUT2D eigenvalue weighted by Gasteiger charge is 2.27. The second-order valence-corrected chi connectivity index (χ2v) is 9.93. The molecule has 3 rings (SSSR count). The molecule has 0 radical (unpaired) electrons. The van der Waals surface area contributed by atoms with Gasteiger partial charge in [0.25, 0.3) is 0 Å². The lowest BCUT2D eigenvalue weighted by Gasteiger charge is -2.22. The highest BCUT2D eigenvalue weighted by atomic mass is 35.5. The third-order valence-corrected chi connectivity index (χ3v) is 7.02. The minimum Gasteiger partial charge on any atom is -0.496 e. The Hall–Kier alpha value is -2.87. The van der Waals surface area contributed by atoms with Crippen molar-refractivity contribution in [3.8, 4) is 5.75 Å². The molecule has 3 aromatic carbocycles. The molecule has 6 nitrogen and oxygen atoms in total. The van der Waals surface area contributed by atoms with Gasteiger partial charge in [0.1, 0.15) is 11.8 Å². The summed E-state index contributed by atoms with van der Waals surface area (Å²) in [6.45, 7) is 3.60. The van der Waals surface area contributed by atoms with Crippen molar-refractivity contribution in [2.75, 3.05) is 7.11 Å². The molecule has 0 aliphatic rings. The quantitative estimate of drug-likeness (QED) is 0.468. The predicted molar refractivity (Wildman–Crippen MR) is 130 cm³/mol. The average Bonchev–Trinajstić information content (AvgIpc) is 2.79. The van der Waals surface area contributed by atoms with E-state index in [0.29, 0.717) is 16.3 Å². The monoisotopic (exact) mass is 486 g/mol. The second-order valence-electron chi connectivity index (χ2n) is 7.78. The summed E-state index contributed by atoms with van der Waals surface area (Å²) in [4.78, 5) is 13.3. The normalized spacial score (nSPS) is 13.2. The zero-order valence-electron chi connectivity index (χ0n) is 18.7. The van der Waals surface area contributed by atoms with Crippen LogP contribution in [0.5, 0.6) is 5.75 Å². The molecule has 0 fully saturated rings. The van der Waals surface area contributed by atoms with Crippen molar-refractivity contribution in [2.45, 2.75) is 37.2 Å². The Morgan fingerprint density at radius 1 is 1.03 bits per heavy atom. The van der Waals surface area contributed by atoms with E-state index in [9.17, 15) is 13.2 Å². The summed E-state index contributed by atoms with van der Waals surface area (Å²) < 4.78 is 34.1. The number of amides is 1. The minimum absolute atomic E-state index is 0.0670. The number of rotatable bonds is 9. The summed E-state index contributed by atoms with van der Waals surface area (Å²) in [6, 6.07) is 19.7. The Kier molecular flexibility index (Phi) is 8.13. The van der Waals surface area contributed by atoms with Crippen molar-refractivity contribution in [1.29, 1.82) is 0 Å². The van der Waals surface area contributed by atoms with Crippen molar-refractivity contribution < 1.29 is 17.9 Å². The molecule has 0 spiro atoms. The summed E-state index contributed by atoms with van der Waals surface area (Å²) in [5, 5.41) is 3.51. The smallest absolute Gasteiger partial charge is 0.241 e. The highest BCUT2D eigenvalue weighted by Crippen LogP contribution is 2.22. The van der Waals surface area contributed by atoms with E-state index in [0.717, 1.165) is 11.1 Å². The van der Waals surface area contributed by atoms with Gasteiger partial charge in [-0.15, -0.1) is 0 Å². The number of aryl methyl sites for hydroxylation is 1. The molecule has 0 saturated heterocycles. The van der Waals surface area contributed by atoms with Gasteiger partial charge in [0.05, 0.1) is 18.0 Å². The van der Waals surface area contributed by atoms with Crippen LogP contribution in [0.4, 0.5) is 0 Å². The molecule has 2 N–H and O–H groups in total. The van der Waals surface area contributed by atoms with Crippen molar-refractivity contribution in [3.05, 3.63) is 94.5 Å². The van der Waals surface area contributed by atoms with E-state index < -0.39 is 22.0 Å². The molecule has 0 aliphatic heterocycles. The van der Waals surface area contributed by atoms with Crippen LogP contribution in [0.15, 0.2) is 77.7 Å². The third-order valence-electron chi connectivity index (χ3n) is 5.30. The largest absolute Gasteiger partial charge is 0.496 e. The number of nitrogens with one attached hydrogen (secondary N) is 2. The lowest BCUT2D eigenvalue weighted by Crippen LogP contribution is -2.48. The molecule has 0 aromatic heterocycles. The van der Waals surface area contributed by atoms with Crippen LogP contribution in [0.2, 0.25) is 5.02 Å². The molecule has 2 atom stereocenters. The van der Waals surface area contributed by atoms with Gasteiger partial charge in [-0.3, -0.25) is 4.79 Å². The Morgan fingerprint density at radius 2 is 1.70 bits per heavy atom. The van der Waals surface area contributed by atoms with Gasteiger partial charge in [-0.05, 0) is 67.3 Å². The maximum Gasteiger partial charge on any atom is 0.241 e. The number of carbonyl (C=O) groups is 1. The van der Waals surface area contributed by atoms with Crippen LogP contribution in [0, 0.1) is 6.92 Å². The van der Waals surface area contributed by atoms with E-state index in [-0.39, 0.29) is 17.4 Å². The van der Waals surface area contributed by atoms with E-state index in [4.69, 9.17) is 16.3 Å². The van der Waals surface area contributed by atoms with Gasteiger partial charge < -0.3 is 10.1 Å². The van der Waals surface area contributed by atoms with Crippen LogP contribution in [0.1, 0.15) is 29.7 Å². The fourth-order valence-corrected chi connectivity index (χ4v) is 4.87. The number of hydrogen-bond donors (Lipinski definition) is 2. The molecule has 0 bridgehead atoms. The van der Waals surface area contributed by atoms with Crippen molar-refractivity contribution in [1.82, 2.24) is 10.0 Å².